The summed E-state index contributed by atoms with van der Waals surface area (Å²) >= 11 is 1.26. The van der Waals surface area contributed by atoms with Crippen LogP contribution in [0.5, 0.6) is 0 Å². The van der Waals surface area contributed by atoms with Gasteiger partial charge in [-0.15, -0.1) is 11.3 Å². The summed E-state index contributed by atoms with van der Waals surface area (Å²) in [5.41, 5.74) is 1.85. The van der Waals surface area contributed by atoms with Crippen LogP contribution in [0.25, 0.3) is 0 Å². The van der Waals surface area contributed by atoms with E-state index in [0.29, 0.717) is 35.6 Å². The summed E-state index contributed by atoms with van der Waals surface area (Å²) in [6.07, 6.45) is 0.699. The molecule has 0 saturated carbocycles. The van der Waals surface area contributed by atoms with Gasteiger partial charge in [-0.3, -0.25) is 9.59 Å². The topological polar surface area (TPSA) is 110 Å². The monoisotopic (exact) mass is 492 g/mol. The van der Waals surface area contributed by atoms with Gasteiger partial charge in [0.2, 0.25) is 11.8 Å². The molecule has 1 aliphatic heterocycles. The van der Waals surface area contributed by atoms with Crippen LogP contribution in [0, 0.1) is 0 Å². The maximum absolute atomic E-state index is 12.6. The van der Waals surface area contributed by atoms with Crippen molar-refractivity contribution < 1.29 is 27.5 Å². The number of ether oxygens (including phenoxy) is 1. The molecule has 2 amide bonds. The standard InChI is InChI=1S/C23H28N2O6S2/c1-3-31-23(28)21-18-11-12-25(16(2)26)14-19(18)32-22(21)24-20(27)10-7-13-33(29,30)15-17-8-5-4-6-9-17/h4-6,8-9H,3,7,10-15H2,1-2H3,(H,24,27). The predicted molar refractivity (Wildman–Crippen MR) is 127 cm³/mol. The zero-order valence-corrected chi connectivity index (χ0v) is 20.4. The molecule has 0 spiro atoms. The predicted octanol–water partition coefficient (Wildman–Crippen LogP) is 3.16. The normalized spacial score (nSPS) is 13.3. The van der Waals surface area contributed by atoms with E-state index in [4.69, 9.17) is 4.74 Å². The number of anilines is 1. The van der Waals surface area contributed by atoms with E-state index in [9.17, 15) is 22.8 Å². The van der Waals surface area contributed by atoms with Crippen LogP contribution in [0.2, 0.25) is 0 Å². The number of fused-ring (bicyclic) bond motifs is 1. The number of hydrogen-bond acceptors (Lipinski definition) is 7. The van der Waals surface area contributed by atoms with E-state index in [-0.39, 0.29) is 42.8 Å². The van der Waals surface area contributed by atoms with Crippen LogP contribution < -0.4 is 5.32 Å². The second-order valence-corrected chi connectivity index (χ2v) is 11.1. The van der Waals surface area contributed by atoms with Gasteiger partial charge in [0.05, 0.1) is 30.2 Å². The summed E-state index contributed by atoms with van der Waals surface area (Å²) in [5, 5.41) is 3.16. The zero-order chi connectivity index (χ0) is 24.0. The van der Waals surface area contributed by atoms with Crippen LogP contribution in [0.3, 0.4) is 0 Å². The van der Waals surface area contributed by atoms with Crippen LogP contribution in [0.1, 0.15) is 53.1 Å². The minimum Gasteiger partial charge on any atom is -0.462 e. The lowest BCUT2D eigenvalue weighted by molar-refractivity contribution is -0.129. The van der Waals surface area contributed by atoms with Crippen LogP contribution in [-0.4, -0.2) is 50.0 Å². The number of rotatable bonds is 9. The maximum atomic E-state index is 12.6. The lowest BCUT2D eigenvalue weighted by Crippen LogP contribution is -2.34. The van der Waals surface area contributed by atoms with Crippen molar-refractivity contribution in [1.29, 1.82) is 0 Å². The van der Waals surface area contributed by atoms with Gasteiger partial charge in [0.25, 0.3) is 0 Å². The second-order valence-electron chi connectivity index (χ2n) is 7.85. The molecule has 1 aromatic carbocycles. The fourth-order valence-electron chi connectivity index (χ4n) is 3.72. The van der Waals surface area contributed by atoms with Gasteiger partial charge in [-0.05, 0) is 30.9 Å². The molecule has 0 saturated heterocycles. The number of nitrogens with zero attached hydrogens (tertiary/aromatic N) is 1. The largest absolute Gasteiger partial charge is 0.462 e. The Bertz CT molecular complexity index is 1130. The van der Waals surface area contributed by atoms with Gasteiger partial charge < -0.3 is 15.0 Å². The summed E-state index contributed by atoms with van der Waals surface area (Å²) in [6, 6.07) is 8.91. The van der Waals surface area contributed by atoms with Gasteiger partial charge in [0, 0.05) is 24.8 Å². The Morgan fingerprint density at radius 3 is 2.58 bits per heavy atom. The molecule has 0 atom stereocenters. The van der Waals surface area contributed by atoms with Crippen molar-refractivity contribution in [2.75, 3.05) is 24.2 Å². The van der Waals surface area contributed by atoms with Crippen molar-refractivity contribution in [3.63, 3.8) is 0 Å². The quantitative estimate of drug-likeness (QED) is 0.539. The summed E-state index contributed by atoms with van der Waals surface area (Å²) in [6.45, 7) is 4.30. The number of esters is 1. The first-order chi connectivity index (χ1) is 15.7. The molecule has 0 aliphatic carbocycles. The molecule has 3 rings (SSSR count). The molecule has 10 heteroatoms. The van der Waals surface area contributed by atoms with E-state index in [1.165, 1.54) is 18.3 Å². The third kappa shape index (κ3) is 6.64. The first-order valence-electron chi connectivity index (χ1n) is 10.8. The van der Waals surface area contributed by atoms with Crippen molar-refractivity contribution in [3.8, 4) is 0 Å². The Balaban J connectivity index is 1.65. The van der Waals surface area contributed by atoms with E-state index in [1.54, 1.807) is 36.1 Å². The lowest BCUT2D eigenvalue weighted by atomic mass is 10.0. The SMILES string of the molecule is CCOC(=O)c1c(NC(=O)CCCS(=O)(=O)Cc2ccccc2)sc2c1CCN(C(C)=O)C2. The molecule has 1 aliphatic rings. The van der Waals surface area contributed by atoms with Crippen LogP contribution in [-0.2, 0) is 42.9 Å². The van der Waals surface area contributed by atoms with E-state index in [2.05, 4.69) is 5.32 Å². The first-order valence-corrected chi connectivity index (χ1v) is 13.5. The summed E-state index contributed by atoms with van der Waals surface area (Å²) in [4.78, 5) is 39.4. The van der Waals surface area contributed by atoms with E-state index >= 15 is 0 Å². The van der Waals surface area contributed by atoms with E-state index in [0.717, 1.165) is 10.4 Å². The van der Waals surface area contributed by atoms with Crippen LogP contribution in [0.15, 0.2) is 30.3 Å². The molecule has 8 nitrogen and oxygen atoms in total. The molecule has 2 aromatic rings. The molecule has 0 bridgehead atoms. The molecule has 0 fully saturated rings. The Morgan fingerprint density at radius 2 is 1.91 bits per heavy atom. The molecule has 0 radical (unpaired) electrons. The smallest absolute Gasteiger partial charge is 0.341 e. The van der Waals surface area contributed by atoms with Gasteiger partial charge in [-0.1, -0.05) is 30.3 Å². The van der Waals surface area contributed by atoms with Crippen molar-refractivity contribution in [2.24, 2.45) is 0 Å². The third-order valence-electron chi connectivity index (χ3n) is 5.32. The molecule has 33 heavy (non-hydrogen) atoms. The van der Waals surface area contributed by atoms with Gasteiger partial charge in [0.15, 0.2) is 9.84 Å². The Labute approximate surface area is 197 Å². The van der Waals surface area contributed by atoms with Gasteiger partial charge >= 0.3 is 5.97 Å². The Kier molecular flexibility index (Phi) is 8.25. The van der Waals surface area contributed by atoms with Gasteiger partial charge in [-0.25, -0.2) is 13.2 Å². The second kappa shape index (κ2) is 10.9. The fourth-order valence-corrected chi connectivity index (χ4v) is 6.42. The molecule has 178 valence electrons. The highest BCUT2D eigenvalue weighted by Crippen LogP contribution is 2.37. The average Bonchev–Trinajstić information content (AvgIpc) is 3.10. The van der Waals surface area contributed by atoms with Gasteiger partial charge in [0.1, 0.15) is 5.00 Å². The fraction of sp³-hybridized carbons (Fsp3) is 0.435. The van der Waals surface area contributed by atoms with E-state index < -0.39 is 15.8 Å². The average molecular weight is 493 g/mol. The molecule has 0 unspecified atom stereocenters. The van der Waals surface area contributed by atoms with Gasteiger partial charge in [-0.2, -0.15) is 0 Å². The Morgan fingerprint density at radius 1 is 1.18 bits per heavy atom. The number of carbonyl (C=O) groups is 3. The highest BCUT2D eigenvalue weighted by atomic mass is 32.2. The Hall–Kier alpha value is -2.72. The summed E-state index contributed by atoms with van der Waals surface area (Å²) < 4.78 is 29.9. The molecule has 1 aromatic heterocycles. The number of benzene rings is 1. The van der Waals surface area contributed by atoms with Crippen LogP contribution in [0.4, 0.5) is 5.00 Å². The minimum atomic E-state index is -3.34. The highest BCUT2D eigenvalue weighted by molar-refractivity contribution is 7.90. The number of hydrogen-bond donors (Lipinski definition) is 1. The number of nitrogens with one attached hydrogen (secondary N) is 1. The lowest BCUT2D eigenvalue weighted by Gasteiger charge is -2.25. The molecule has 2 heterocycles. The number of sulfone groups is 1. The summed E-state index contributed by atoms with van der Waals surface area (Å²) in [5.74, 6) is -1.08. The zero-order valence-electron chi connectivity index (χ0n) is 18.8. The first kappa shape index (κ1) is 24.9. The van der Waals surface area contributed by atoms with Crippen molar-refractivity contribution in [3.05, 3.63) is 51.9 Å². The summed E-state index contributed by atoms with van der Waals surface area (Å²) in [7, 11) is -3.34. The molecular weight excluding hydrogens is 464 g/mol. The highest BCUT2D eigenvalue weighted by Gasteiger charge is 2.30. The van der Waals surface area contributed by atoms with Crippen molar-refractivity contribution in [2.45, 2.75) is 45.4 Å². The van der Waals surface area contributed by atoms with Crippen LogP contribution >= 0.6 is 11.3 Å². The van der Waals surface area contributed by atoms with Crippen molar-refractivity contribution in [1.82, 2.24) is 4.90 Å². The third-order valence-corrected chi connectivity index (χ3v) is 8.14. The van der Waals surface area contributed by atoms with E-state index in [1.807, 2.05) is 6.07 Å². The number of carbonyl (C=O) groups excluding carboxylic acids is 3. The molecular formula is C23H28N2O6S2. The molecule has 1 N–H and O–H groups in total. The minimum absolute atomic E-state index is 0.0123. The number of amides is 2. The maximum Gasteiger partial charge on any atom is 0.341 e. The number of thiophene rings is 1. The van der Waals surface area contributed by atoms with Crippen molar-refractivity contribution >= 4 is 44.0 Å².